The number of Topliss-reactive ketones (excluding diaryl/α,β-unsaturated/α-hetero) is 2. The molecule has 0 bridgehead atoms. The molecular weight excluding hydrogens is 159 g/mol. The number of benzene rings is 1. The summed E-state index contributed by atoms with van der Waals surface area (Å²) in [5.41, 5.74) is 0.853. The molecule has 1 aliphatic carbocycles. The Balaban J connectivity index is 2.62. The van der Waals surface area contributed by atoms with Gasteiger partial charge in [-0.3, -0.25) is 9.59 Å². The van der Waals surface area contributed by atoms with E-state index >= 15 is 0 Å². The Labute approximate surface area is 68.0 Å². The monoisotopic (exact) mass is 164 g/mol. The van der Waals surface area contributed by atoms with Crippen molar-refractivity contribution in [2.75, 3.05) is 0 Å². The molecule has 0 atom stereocenters. The van der Waals surface area contributed by atoms with Crippen LogP contribution < -0.4 is 0 Å². The van der Waals surface area contributed by atoms with Gasteiger partial charge in [0.25, 0.3) is 0 Å². The molecule has 1 aromatic carbocycles. The number of fused-ring (bicyclic) bond motifs is 1. The first-order valence-corrected chi connectivity index (χ1v) is 3.54. The quantitative estimate of drug-likeness (QED) is 0.538. The lowest BCUT2D eigenvalue weighted by atomic mass is 10.1. The minimum Gasteiger partial charge on any atom is -0.290 e. The Hall–Kier alpha value is -1.51. The Bertz CT molecular complexity index is 382. The highest BCUT2D eigenvalue weighted by atomic mass is 19.1. The lowest BCUT2D eigenvalue weighted by molar-refractivity contribution is -0.114. The van der Waals surface area contributed by atoms with E-state index in [1.807, 2.05) is 0 Å². The van der Waals surface area contributed by atoms with E-state index in [-0.39, 0.29) is 6.42 Å². The van der Waals surface area contributed by atoms with Gasteiger partial charge in [0, 0.05) is 12.0 Å². The van der Waals surface area contributed by atoms with Gasteiger partial charge in [-0.05, 0) is 23.8 Å². The van der Waals surface area contributed by atoms with Gasteiger partial charge in [-0.2, -0.15) is 0 Å². The van der Waals surface area contributed by atoms with E-state index in [0.717, 1.165) is 0 Å². The summed E-state index contributed by atoms with van der Waals surface area (Å²) in [5.74, 6) is -1.35. The lowest BCUT2D eigenvalue weighted by Crippen LogP contribution is -2.05. The van der Waals surface area contributed by atoms with Crippen LogP contribution in [0.4, 0.5) is 4.39 Å². The van der Waals surface area contributed by atoms with Crippen LogP contribution in [0.3, 0.4) is 0 Å². The summed E-state index contributed by atoms with van der Waals surface area (Å²) in [6.07, 6.45) is 0.0475. The SMILES string of the molecule is O=C1Cc2cc(F)ccc2C1=O. The molecule has 0 unspecified atom stereocenters. The van der Waals surface area contributed by atoms with Gasteiger partial charge in [-0.15, -0.1) is 0 Å². The zero-order valence-corrected chi connectivity index (χ0v) is 6.13. The molecular formula is C9H5FO2. The minimum absolute atomic E-state index is 0.0475. The Morgan fingerprint density at radius 3 is 2.75 bits per heavy atom. The third kappa shape index (κ3) is 0.863. The van der Waals surface area contributed by atoms with Gasteiger partial charge in [0.2, 0.25) is 11.6 Å². The average Bonchev–Trinajstić information content (AvgIpc) is 2.28. The minimum atomic E-state index is -0.495. The maximum Gasteiger partial charge on any atom is 0.229 e. The molecule has 2 rings (SSSR count). The lowest BCUT2D eigenvalue weighted by Gasteiger charge is -1.93. The van der Waals surface area contributed by atoms with Crippen LogP contribution in [0, 0.1) is 5.82 Å². The van der Waals surface area contributed by atoms with Crippen LogP contribution in [0.15, 0.2) is 18.2 Å². The van der Waals surface area contributed by atoms with Crippen LogP contribution in [-0.4, -0.2) is 11.6 Å². The van der Waals surface area contributed by atoms with Gasteiger partial charge in [-0.1, -0.05) is 0 Å². The highest BCUT2D eigenvalue weighted by Gasteiger charge is 2.27. The van der Waals surface area contributed by atoms with Crippen LogP contribution >= 0.6 is 0 Å². The molecule has 0 radical (unpaired) electrons. The molecule has 0 N–H and O–H groups in total. The second-order valence-electron chi connectivity index (χ2n) is 2.73. The molecule has 0 aliphatic heterocycles. The maximum atomic E-state index is 12.6. The molecule has 0 heterocycles. The predicted molar refractivity (Wildman–Crippen MR) is 39.4 cm³/mol. The average molecular weight is 164 g/mol. The van der Waals surface area contributed by atoms with Gasteiger partial charge in [0.1, 0.15) is 5.82 Å². The topological polar surface area (TPSA) is 34.1 Å². The Morgan fingerprint density at radius 2 is 2.00 bits per heavy atom. The molecule has 0 saturated heterocycles. The zero-order chi connectivity index (χ0) is 8.72. The molecule has 12 heavy (non-hydrogen) atoms. The fourth-order valence-electron chi connectivity index (χ4n) is 1.33. The number of halogens is 1. The summed E-state index contributed by atoms with van der Waals surface area (Å²) >= 11 is 0. The first kappa shape index (κ1) is 7.16. The molecule has 60 valence electrons. The molecule has 0 saturated carbocycles. The van der Waals surface area contributed by atoms with Crippen molar-refractivity contribution >= 4 is 11.6 Å². The summed E-state index contributed by atoms with van der Waals surface area (Å²) in [6, 6.07) is 3.78. The molecule has 3 heteroatoms. The van der Waals surface area contributed by atoms with Crippen molar-refractivity contribution in [3.63, 3.8) is 0 Å². The molecule has 0 fully saturated rings. The van der Waals surface area contributed by atoms with Crippen LogP contribution in [0.2, 0.25) is 0 Å². The van der Waals surface area contributed by atoms with Crippen LogP contribution in [-0.2, 0) is 11.2 Å². The molecule has 1 aliphatic rings. The number of hydrogen-bond acceptors (Lipinski definition) is 2. The number of carbonyl (C=O) groups excluding carboxylic acids is 2. The summed E-state index contributed by atoms with van der Waals surface area (Å²) in [5, 5.41) is 0. The highest BCUT2D eigenvalue weighted by Crippen LogP contribution is 2.19. The standard InChI is InChI=1S/C9H5FO2/c10-6-1-2-7-5(3-6)4-8(11)9(7)12/h1-3H,4H2. The Morgan fingerprint density at radius 1 is 1.25 bits per heavy atom. The second-order valence-corrected chi connectivity index (χ2v) is 2.73. The molecule has 0 amide bonds. The van der Waals surface area contributed by atoms with Crippen molar-refractivity contribution in [3.05, 3.63) is 35.1 Å². The fourth-order valence-corrected chi connectivity index (χ4v) is 1.33. The van der Waals surface area contributed by atoms with E-state index in [1.54, 1.807) is 0 Å². The van der Waals surface area contributed by atoms with Crippen LogP contribution in [0.5, 0.6) is 0 Å². The normalized spacial score (nSPS) is 15.1. The van der Waals surface area contributed by atoms with Crippen LogP contribution in [0.1, 0.15) is 15.9 Å². The van der Waals surface area contributed by atoms with Crippen molar-refractivity contribution < 1.29 is 14.0 Å². The van der Waals surface area contributed by atoms with Crippen molar-refractivity contribution in [2.45, 2.75) is 6.42 Å². The highest BCUT2D eigenvalue weighted by molar-refractivity contribution is 6.47. The first-order valence-electron chi connectivity index (χ1n) is 3.54. The molecule has 2 nitrogen and oxygen atoms in total. The van der Waals surface area contributed by atoms with E-state index < -0.39 is 17.4 Å². The molecule has 0 spiro atoms. The van der Waals surface area contributed by atoms with Gasteiger partial charge >= 0.3 is 0 Å². The zero-order valence-electron chi connectivity index (χ0n) is 6.13. The van der Waals surface area contributed by atoms with E-state index in [0.29, 0.717) is 11.1 Å². The van der Waals surface area contributed by atoms with Crippen LogP contribution in [0.25, 0.3) is 0 Å². The van der Waals surface area contributed by atoms with Crippen molar-refractivity contribution in [2.24, 2.45) is 0 Å². The van der Waals surface area contributed by atoms with Gasteiger partial charge < -0.3 is 0 Å². The third-order valence-corrected chi connectivity index (χ3v) is 1.92. The first-order chi connectivity index (χ1) is 5.68. The molecule has 0 aromatic heterocycles. The van der Waals surface area contributed by atoms with Gasteiger partial charge in [0.15, 0.2) is 0 Å². The molecule has 1 aromatic rings. The van der Waals surface area contributed by atoms with E-state index in [1.165, 1.54) is 18.2 Å². The van der Waals surface area contributed by atoms with E-state index in [4.69, 9.17) is 0 Å². The number of carbonyl (C=O) groups is 2. The van der Waals surface area contributed by atoms with Gasteiger partial charge in [-0.25, -0.2) is 4.39 Å². The van der Waals surface area contributed by atoms with Crippen molar-refractivity contribution in [1.29, 1.82) is 0 Å². The maximum absolute atomic E-state index is 12.6. The Kier molecular flexibility index (Phi) is 1.33. The fraction of sp³-hybridized carbons (Fsp3) is 0.111. The predicted octanol–water partition coefficient (Wildman–Crippen LogP) is 1.13. The summed E-state index contributed by atoms with van der Waals surface area (Å²) in [4.78, 5) is 21.9. The van der Waals surface area contributed by atoms with Gasteiger partial charge in [0.05, 0.1) is 0 Å². The smallest absolute Gasteiger partial charge is 0.229 e. The number of rotatable bonds is 0. The van der Waals surface area contributed by atoms with E-state index in [2.05, 4.69) is 0 Å². The third-order valence-electron chi connectivity index (χ3n) is 1.92. The summed E-state index contributed by atoms with van der Waals surface area (Å²) in [7, 11) is 0. The summed E-state index contributed by atoms with van der Waals surface area (Å²) < 4.78 is 12.6. The number of hydrogen-bond donors (Lipinski definition) is 0. The van der Waals surface area contributed by atoms with Crippen molar-refractivity contribution in [3.8, 4) is 0 Å². The second kappa shape index (κ2) is 2.24. The largest absolute Gasteiger partial charge is 0.290 e. The number of ketones is 2. The van der Waals surface area contributed by atoms with E-state index in [9.17, 15) is 14.0 Å². The van der Waals surface area contributed by atoms with Crippen molar-refractivity contribution in [1.82, 2.24) is 0 Å². The summed E-state index contributed by atoms with van der Waals surface area (Å²) in [6.45, 7) is 0.